The van der Waals surface area contributed by atoms with Gasteiger partial charge in [-0.2, -0.15) is 0 Å². The van der Waals surface area contributed by atoms with E-state index in [0.717, 1.165) is 24.3 Å². The van der Waals surface area contributed by atoms with Gasteiger partial charge in [-0.25, -0.2) is 4.79 Å². The average molecular weight is 342 g/mol. The van der Waals surface area contributed by atoms with E-state index in [2.05, 4.69) is 17.2 Å². The number of hydrogen-bond donors (Lipinski definition) is 3. The molecule has 6 nitrogen and oxygen atoms in total. The highest BCUT2D eigenvalue weighted by molar-refractivity contribution is 5.60. The van der Waals surface area contributed by atoms with Crippen LogP contribution in [-0.2, 0) is 6.54 Å². The highest BCUT2D eigenvalue weighted by Crippen LogP contribution is 2.28. The quantitative estimate of drug-likeness (QED) is 0.778. The van der Waals surface area contributed by atoms with E-state index in [1.165, 1.54) is 17.4 Å². The van der Waals surface area contributed by atoms with Crippen LogP contribution in [0.4, 0.5) is 11.5 Å². The summed E-state index contributed by atoms with van der Waals surface area (Å²) in [7, 11) is 0. The van der Waals surface area contributed by atoms with E-state index in [4.69, 9.17) is 5.73 Å². The van der Waals surface area contributed by atoms with Gasteiger partial charge in [0.05, 0.1) is 6.54 Å². The van der Waals surface area contributed by atoms with Gasteiger partial charge in [-0.15, -0.1) is 0 Å². The molecule has 6 heteroatoms. The number of nitrogens with two attached hydrogens (primary N) is 1. The lowest BCUT2D eigenvalue weighted by Gasteiger charge is -2.26. The standard InChI is InChI=1S/C19H26N4O2/c1-13-7-9-14(10-8-13)11-21-16-17(20)23(19(25)22-18(16)24)12-15-5-3-2-4-6-15/h2-6,13-14,21H,7-12,20H2,1H3,(H,22,24,25). The average Bonchev–Trinajstić information content (AvgIpc) is 2.61. The maximum absolute atomic E-state index is 12.2. The van der Waals surface area contributed by atoms with Crippen LogP contribution in [0.15, 0.2) is 39.9 Å². The number of aromatic amines is 1. The number of nitrogens with zero attached hydrogens (tertiary/aromatic N) is 1. The van der Waals surface area contributed by atoms with Gasteiger partial charge in [-0.3, -0.25) is 14.3 Å². The van der Waals surface area contributed by atoms with Crippen LogP contribution < -0.4 is 22.3 Å². The molecule has 1 aliphatic rings. The monoisotopic (exact) mass is 342 g/mol. The van der Waals surface area contributed by atoms with Crippen molar-refractivity contribution in [1.82, 2.24) is 9.55 Å². The van der Waals surface area contributed by atoms with Crippen LogP contribution in [0.2, 0.25) is 0 Å². The largest absolute Gasteiger partial charge is 0.383 e. The molecular weight excluding hydrogens is 316 g/mol. The minimum absolute atomic E-state index is 0.196. The van der Waals surface area contributed by atoms with Crippen molar-refractivity contribution in [3.63, 3.8) is 0 Å². The lowest BCUT2D eigenvalue weighted by Crippen LogP contribution is -2.35. The third kappa shape index (κ3) is 4.13. The SMILES string of the molecule is CC1CCC(CNc2c(N)n(Cc3ccccc3)c(=O)[nH]c2=O)CC1. The fourth-order valence-corrected chi connectivity index (χ4v) is 3.46. The second-order valence-corrected chi connectivity index (χ2v) is 7.10. The van der Waals surface area contributed by atoms with E-state index in [0.29, 0.717) is 24.7 Å². The maximum atomic E-state index is 12.2. The number of anilines is 2. The normalized spacial score (nSPS) is 20.4. The Labute approximate surface area is 147 Å². The topological polar surface area (TPSA) is 92.9 Å². The summed E-state index contributed by atoms with van der Waals surface area (Å²) in [6, 6.07) is 9.58. The summed E-state index contributed by atoms with van der Waals surface area (Å²) >= 11 is 0. The second kappa shape index (κ2) is 7.59. The number of H-pyrrole nitrogens is 1. The number of nitrogen functional groups attached to an aromatic ring is 1. The zero-order valence-corrected chi connectivity index (χ0v) is 14.6. The van der Waals surface area contributed by atoms with E-state index in [1.54, 1.807) is 0 Å². The van der Waals surface area contributed by atoms with Gasteiger partial charge in [-0.1, -0.05) is 50.1 Å². The molecule has 1 saturated carbocycles. The number of hydrogen-bond acceptors (Lipinski definition) is 4. The zero-order chi connectivity index (χ0) is 17.8. The molecule has 0 aliphatic heterocycles. The molecule has 2 aromatic rings. The molecule has 4 N–H and O–H groups in total. The third-order valence-electron chi connectivity index (χ3n) is 5.13. The van der Waals surface area contributed by atoms with Crippen molar-refractivity contribution in [2.75, 3.05) is 17.6 Å². The lowest BCUT2D eigenvalue weighted by molar-refractivity contribution is 0.300. The Balaban J connectivity index is 1.78. The van der Waals surface area contributed by atoms with Crippen LogP contribution >= 0.6 is 0 Å². The minimum Gasteiger partial charge on any atom is -0.383 e. The van der Waals surface area contributed by atoms with Gasteiger partial charge >= 0.3 is 5.69 Å². The molecular formula is C19H26N4O2. The molecule has 0 unspecified atom stereocenters. The van der Waals surface area contributed by atoms with Crippen molar-refractivity contribution < 1.29 is 0 Å². The predicted molar refractivity (Wildman–Crippen MR) is 101 cm³/mol. The maximum Gasteiger partial charge on any atom is 0.330 e. The van der Waals surface area contributed by atoms with Crippen molar-refractivity contribution in [3.8, 4) is 0 Å². The van der Waals surface area contributed by atoms with E-state index in [1.807, 2.05) is 30.3 Å². The first-order chi connectivity index (χ1) is 12.0. The number of benzene rings is 1. The second-order valence-electron chi connectivity index (χ2n) is 7.10. The van der Waals surface area contributed by atoms with Crippen molar-refractivity contribution in [3.05, 3.63) is 56.7 Å². The summed E-state index contributed by atoms with van der Waals surface area (Å²) in [5.41, 5.74) is 6.47. The van der Waals surface area contributed by atoms with E-state index in [-0.39, 0.29) is 5.82 Å². The molecule has 3 rings (SSSR count). The van der Waals surface area contributed by atoms with Crippen LogP contribution in [0.3, 0.4) is 0 Å². The molecule has 1 aromatic carbocycles. The molecule has 0 bridgehead atoms. The Bertz CT molecular complexity index is 818. The lowest BCUT2D eigenvalue weighted by atomic mass is 9.83. The van der Waals surface area contributed by atoms with Gasteiger partial charge < -0.3 is 11.1 Å². The van der Waals surface area contributed by atoms with Gasteiger partial charge in [0, 0.05) is 6.54 Å². The molecule has 134 valence electrons. The van der Waals surface area contributed by atoms with Crippen LogP contribution in [0.25, 0.3) is 0 Å². The Morgan fingerprint density at radius 2 is 1.84 bits per heavy atom. The molecule has 0 amide bonds. The minimum atomic E-state index is -0.483. The van der Waals surface area contributed by atoms with E-state index in [9.17, 15) is 9.59 Å². The van der Waals surface area contributed by atoms with Crippen molar-refractivity contribution in [2.45, 2.75) is 39.2 Å². The molecule has 1 aromatic heterocycles. The number of rotatable bonds is 5. The Morgan fingerprint density at radius 1 is 1.16 bits per heavy atom. The van der Waals surface area contributed by atoms with Gasteiger partial charge in [-0.05, 0) is 30.2 Å². The van der Waals surface area contributed by atoms with Gasteiger partial charge in [0.25, 0.3) is 5.56 Å². The number of nitrogens with one attached hydrogen (secondary N) is 2. The summed E-state index contributed by atoms with van der Waals surface area (Å²) in [4.78, 5) is 26.7. The van der Waals surface area contributed by atoms with Crippen molar-refractivity contribution in [2.24, 2.45) is 11.8 Å². The van der Waals surface area contributed by atoms with Crippen LogP contribution in [0.5, 0.6) is 0 Å². The molecule has 1 heterocycles. The Hall–Kier alpha value is -2.50. The fourth-order valence-electron chi connectivity index (χ4n) is 3.46. The summed E-state index contributed by atoms with van der Waals surface area (Å²) < 4.78 is 1.40. The van der Waals surface area contributed by atoms with Crippen LogP contribution in [-0.4, -0.2) is 16.1 Å². The summed E-state index contributed by atoms with van der Waals surface area (Å²) in [6.45, 7) is 3.33. The molecule has 1 aliphatic carbocycles. The predicted octanol–water partition coefficient (Wildman–Crippen LogP) is 2.41. The van der Waals surface area contributed by atoms with Crippen LogP contribution in [0.1, 0.15) is 38.2 Å². The fraction of sp³-hybridized carbons (Fsp3) is 0.474. The van der Waals surface area contributed by atoms with Gasteiger partial charge in [0.15, 0.2) is 0 Å². The molecule has 25 heavy (non-hydrogen) atoms. The van der Waals surface area contributed by atoms with E-state index < -0.39 is 11.2 Å². The first-order valence-electron chi connectivity index (χ1n) is 8.95. The van der Waals surface area contributed by atoms with Crippen molar-refractivity contribution in [1.29, 1.82) is 0 Å². The molecule has 0 atom stereocenters. The molecule has 0 spiro atoms. The first kappa shape index (κ1) is 17.3. The first-order valence-corrected chi connectivity index (χ1v) is 8.95. The van der Waals surface area contributed by atoms with Crippen LogP contribution in [0, 0.1) is 11.8 Å². The van der Waals surface area contributed by atoms with E-state index >= 15 is 0 Å². The highest BCUT2D eigenvalue weighted by atomic mass is 16.2. The van der Waals surface area contributed by atoms with Gasteiger partial charge in [0.2, 0.25) is 0 Å². The molecule has 0 saturated heterocycles. The molecule has 1 fully saturated rings. The third-order valence-corrected chi connectivity index (χ3v) is 5.13. The smallest absolute Gasteiger partial charge is 0.330 e. The zero-order valence-electron chi connectivity index (χ0n) is 14.6. The summed E-state index contributed by atoms with van der Waals surface area (Å²) in [5, 5.41) is 3.19. The Kier molecular flexibility index (Phi) is 5.26. The summed E-state index contributed by atoms with van der Waals surface area (Å²) in [5.74, 6) is 1.53. The van der Waals surface area contributed by atoms with Gasteiger partial charge in [0.1, 0.15) is 11.5 Å². The molecule has 0 radical (unpaired) electrons. The Morgan fingerprint density at radius 3 is 2.52 bits per heavy atom. The highest BCUT2D eigenvalue weighted by Gasteiger charge is 2.19. The van der Waals surface area contributed by atoms with Crippen molar-refractivity contribution >= 4 is 11.5 Å². The number of aromatic nitrogens is 2. The summed E-state index contributed by atoms with van der Waals surface area (Å²) in [6.07, 6.45) is 4.78.